The van der Waals surface area contributed by atoms with E-state index in [9.17, 15) is 4.79 Å². The smallest absolute Gasteiger partial charge is 0.310 e. The van der Waals surface area contributed by atoms with Crippen LogP contribution >= 0.6 is 0 Å². The molecule has 2 rings (SSSR count). The lowest BCUT2D eigenvalue weighted by molar-refractivity contribution is -0.134. The fourth-order valence-electron chi connectivity index (χ4n) is 2.47. The van der Waals surface area contributed by atoms with Crippen molar-refractivity contribution in [2.45, 2.75) is 51.4 Å². The fourth-order valence-corrected chi connectivity index (χ4v) is 2.47. The van der Waals surface area contributed by atoms with Gasteiger partial charge in [-0.15, -0.1) is 0 Å². The molecule has 2 nitrogen and oxygen atoms in total. The van der Waals surface area contributed by atoms with Gasteiger partial charge in [0.15, 0.2) is 0 Å². The van der Waals surface area contributed by atoms with Gasteiger partial charge in [0, 0.05) is 6.42 Å². The summed E-state index contributed by atoms with van der Waals surface area (Å²) in [4.78, 5) is 11.2. The molecule has 0 spiro atoms. The summed E-state index contributed by atoms with van der Waals surface area (Å²) >= 11 is 0. The van der Waals surface area contributed by atoms with Crippen molar-refractivity contribution in [3.05, 3.63) is 29.8 Å². The zero-order valence-electron chi connectivity index (χ0n) is 10.4. The van der Waals surface area contributed by atoms with Crippen molar-refractivity contribution >= 4 is 5.97 Å². The molecule has 0 N–H and O–H groups in total. The minimum atomic E-state index is -0.161. The molecule has 1 aromatic rings. The van der Waals surface area contributed by atoms with E-state index < -0.39 is 0 Å². The molecule has 0 heterocycles. The van der Waals surface area contributed by atoms with E-state index in [1.807, 2.05) is 25.1 Å². The topological polar surface area (TPSA) is 26.3 Å². The van der Waals surface area contributed by atoms with E-state index >= 15 is 0 Å². The quantitative estimate of drug-likeness (QED) is 0.580. The zero-order chi connectivity index (χ0) is 12.1. The standard InChI is InChI=1S/C15H20O2/c1-2-15(16)17-14-10-6-9-13(11-14)12-7-4-3-5-8-12/h6,9-12H,2-5,7-8H2,1H3. The van der Waals surface area contributed by atoms with E-state index in [0.717, 1.165) is 0 Å². The number of carbonyl (C=O) groups excluding carboxylic acids is 1. The van der Waals surface area contributed by atoms with Crippen molar-refractivity contribution in [3.8, 4) is 5.75 Å². The Bertz CT molecular complexity index is 378. The number of benzene rings is 1. The Kier molecular flexibility index (Phi) is 4.18. The molecule has 1 aliphatic rings. The molecule has 1 aliphatic carbocycles. The minimum absolute atomic E-state index is 0.161. The first-order chi connectivity index (χ1) is 8.29. The van der Waals surface area contributed by atoms with Crippen LogP contribution < -0.4 is 4.74 Å². The maximum Gasteiger partial charge on any atom is 0.310 e. The molecule has 0 aromatic heterocycles. The highest BCUT2D eigenvalue weighted by atomic mass is 16.5. The highest BCUT2D eigenvalue weighted by Crippen LogP contribution is 2.33. The average molecular weight is 232 g/mol. The Morgan fingerprint density at radius 3 is 2.76 bits per heavy atom. The molecular formula is C15H20O2. The first kappa shape index (κ1) is 12.2. The first-order valence-corrected chi connectivity index (χ1v) is 6.60. The largest absolute Gasteiger partial charge is 0.427 e. The molecule has 92 valence electrons. The van der Waals surface area contributed by atoms with Crippen molar-refractivity contribution in [3.63, 3.8) is 0 Å². The van der Waals surface area contributed by atoms with Gasteiger partial charge in [-0.2, -0.15) is 0 Å². The van der Waals surface area contributed by atoms with E-state index in [1.54, 1.807) is 0 Å². The van der Waals surface area contributed by atoms with E-state index in [-0.39, 0.29) is 5.97 Å². The van der Waals surface area contributed by atoms with Crippen LogP contribution in [-0.4, -0.2) is 5.97 Å². The van der Waals surface area contributed by atoms with Crippen LogP contribution in [-0.2, 0) is 4.79 Å². The number of ether oxygens (including phenoxy) is 1. The molecular weight excluding hydrogens is 212 g/mol. The molecule has 2 heteroatoms. The van der Waals surface area contributed by atoms with E-state index in [4.69, 9.17) is 4.74 Å². The normalized spacial score (nSPS) is 16.8. The SMILES string of the molecule is CCC(=O)Oc1cccc(C2CCCCC2)c1. The lowest BCUT2D eigenvalue weighted by Crippen LogP contribution is -2.07. The molecule has 17 heavy (non-hydrogen) atoms. The van der Waals surface area contributed by atoms with Gasteiger partial charge in [-0.05, 0) is 36.5 Å². The lowest BCUT2D eigenvalue weighted by atomic mass is 9.84. The Morgan fingerprint density at radius 1 is 1.29 bits per heavy atom. The number of hydrogen-bond donors (Lipinski definition) is 0. The van der Waals surface area contributed by atoms with E-state index in [0.29, 0.717) is 18.1 Å². The van der Waals surface area contributed by atoms with Gasteiger partial charge >= 0.3 is 5.97 Å². The minimum Gasteiger partial charge on any atom is -0.427 e. The Morgan fingerprint density at radius 2 is 2.06 bits per heavy atom. The second-order valence-corrected chi connectivity index (χ2v) is 4.74. The fraction of sp³-hybridized carbons (Fsp3) is 0.533. The van der Waals surface area contributed by atoms with Crippen molar-refractivity contribution < 1.29 is 9.53 Å². The van der Waals surface area contributed by atoms with Crippen LogP contribution in [0.2, 0.25) is 0 Å². The summed E-state index contributed by atoms with van der Waals surface area (Å²) in [5, 5.41) is 0. The molecule has 0 aliphatic heterocycles. The molecule has 0 atom stereocenters. The van der Waals surface area contributed by atoms with Crippen LogP contribution in [0.4, 0.5) is 0 Å². The Balaban J connectivity index is 2.07. The van der Waals surface area contributed by atoms with Crippen LogP contribution in [0.5, 0.6) is 5.75 Å². The van der Waals surface area contributed by atoms with Crippen molar-refractivity contribution in [2.75, 3.05) is 0 Å². The summed E-state index contributed by atoms with van der Waals surface area (Å²) < 4.78 is 5.26. The summed E-state index contributed by atoms with van der Waals surface area (Å²) in [6.45, 7) is 1.81. The number of esters is 1. The predicted molar refractivity (Wildman–Crippen MR) is 68.2 cm³/mol. The molecule has 1 aromatic carbocycles. The first-order valence-electron chi connectivity index (χ1n) is 6.60. The maximum atomic E-state index is 11.2. The maximum absolute atomic E-state index is 11.2. The molecule has 1 fully saturated rings. The van der Waals surface area contributed by atoms with Crippen LogP contribution in [0.25, 0.3) is 0 Å². The third kappa shape index (κ3) is 3.32. The van der Waals surface area contributed by atoms with Crippen LogP contribution in [0, 0.1) is 0 Å². The molecule has 0 bridgehead atoms. The van der Waals surface area contributed by atoms with Gasteiger partial charge in [-0.25, -0.2) is 0 Å². The van der Waals surface area contributed by atoms with E-state index in [2.05, 4.69) is 6.07 Å². The predicted octanol–water partition coefficient (Wildman–Crippen LogP) is 4.05. The van der Waals surface area contributed by atoms with Crippen molar-refractivity contribution in [2.24, 2.45) is 0 Å². The zero-order valence-corrected chi connectivity index (χ0v) is 10.4. The van der Waals surface area contributed by atoms with Crippen LogP contribution in [0.15, 0.2) is 24.3 Å². The van der Waals surface area contributed by atoms with Crippen LogP contribution in [0.1, 0.15) is 56.9 Å². The van der Waals surface area contributed by atoms with Gasteiger partial charge in [-0.1, -0.05) is 38.3 Å². The van der Waals surface area contributed by atoms with Crippen LogP contribution in [0.3, 0.4) is 0 Å². The monoisotopic (exact) mass is 232 g/mol. The Labute approximate surface area is 103 Å². The van der Waals surface area contributed by atoms with Gasteiger partial charge in [-0.3, -0.25) is 4.79 Å². The van der Waals surface area contributed by atoms with Gasteiger partial charge in [0.1, 0.15) is 5.75 Å². The third-order valence-corrected chi connectivity index (χ3v) is 3.46. The summed E-state index contributed by atoms with van der Waals surface area (Å²) in [6.07, 6.45) is 6.97. The van der Waals surface area contributed by atoms with Gasteiger partial charge < -0.3 is 4.74 Å². The molecule has 0 unspecified atom stereocenters. The molecule has 1 saturated carbocycles. The average Bonchev–Trinajstić information content (AvgIpc) is 2.40. The Hall–Kier alpha value is -1.31. The lowest BCUT2D eigenvalue weighted by Gasteiger charge is -2.22. The highest BCUT2D eigenvalue weighted by Gasteiger charge is 2.16. The van der Waals surface area contributed by atoms with Gasteiger partial charge in [0.2, 0.25) is 0 Å². The number of rotatable bonds is 3. The molecule has 0 radical (unpaired) electrons. The van der Waals surface area contributed by atoms with Crippen molar-refractivity contribution in [1.29, 1.82) is 0 Å². The van der Waals surface area contributed by atoms with Crippen molar-refractivity contribution in [1.82, 2.24) is 0 Å². The molecule has 0 saturated heterocycles. The second kappa shape index (κ2) is 5.85. The van der Waals surface area contributed by atoms with E-state index in [1.165, 1.54) is 37.7 Å². The summed E-state index contributed by atoms with van der Waals surface area (Å²) in [5.74, 6) is 1.19. The van der Waals surface area contributed by atoms with Gasteiger partial charge in [0.25, 0.3) is 0 Å². The highest BCUT2D eigenvalue weighted by molar-refractivity contribution is 5.71. The number of hydrogen-bond acceptors (Lipinski definition) is 2. The third-order valence-electron chi connectivity index (χ3n) is 3.46. The van der Waals surface area contributed by atoms with Gasteiger partial charge in [0.05, 0.1) is 0 Å². The summed E-state index contributed by atoms with van der Waals surface area (Å²) in [6, 6.07) is 8.03. The summed E-state index contributed by atoms with van der Waals surface area (Å²) in [7, 11) is 0. The number of carbonyl (C=O) groups is 1. The molecule has 0 amide bonds. The summed E-state index contributed by atoms with van der Waals surface area (Å²) in [5.41, 5.74) is 1.33. The second-order valence-electron chi connectivity index (χ2n) is 4.74.